The van der Waals surface area contributed by atoms with Crippen LogP contribution in [0.2, 0.25) is 0 Å². The molecule has 2 heterocycles. The first-order valence-corrected chi connectivity index (χ1v) is 26.6. The van der Waals surface area contributed by atoms with Gasteiger partial charge in [0.1, 0.15) is 85.6 Å². The second-order valence-corrected chi connectivity index (χ2v) is 19.4. The Hall–Kier alpha value is -7.78. The molecule has 37 nitrogen and oxygen atoms in total. The summed E-state index contributed by atoms with van der Waals surface area (Å²) in [6.07, 6.45) is -16.1. The van der Waals surface area contributed by atoms with Crippen LogP contribution in [0.25, 0.3) is 0 Å². The Labute approximate surface area is 485 Å². The summed E-state index contributed by atoms with van der Waals surface area (Å²) in [5.74, 6) is -12.1. The van der Waals surface area contributed by atoms with E-state index in [0.29, 0.717) is 0 Å². The van der Waals surface area contributed by atoms with Crippen molar-refractivity contribution in [3.8, 4) is 0 Å². The van der Waals surface area contributed by atoms with Gasteiger partial charge in [0.2, 0.25) is 70.9 Å². The van der Waals surface area contributed by atoms with Crippen molar-refractivity contribution in [2.24, 2.45) is 11.5 Å². The van der Waals surface area contributed by atoms with Gasteiger partial charge in [-0.15, -0.1) is 0 Å². The molecule has 0 aromatic heterocycles. The molecule has 2 saturated heterocycles. The van der Waals surface area contributed by atoms with E-state index in [0.717, 1.165) is 20.8 Å². The van der Waals surface area contributed by atoms with E-state index in [-0.39, 0.29) is 32.4 Å². The lowest BCUT2D eigenvalue weighted by Gasteiger charge is -2.48. The third-order valence-electron chi connectivity index (χ3n) is 12.4. The summed E-state index contributed by atoms with van der Waals surface area (Å²) in [6.45, 7) is 2.86. The van der Waals surface area contributed by atoms with E-state index in [2.05, 4.69) is 58.5 Å². The third kappa shape index (κ3) is 26.4. The summed E-state index contributed by atoms with van der Waals surface area (Å²) in [5.41, 5.74) is 10.7. The van der Waals surface area contributed by atoms with E-state index in [1.807, 2.05) is 0 Å². The second kappa shape index (κ2) is 36.8. The Morgan fingerprint density at radius 1 is 0.576 bits per heavy atom. The molecule has 0 aromatic carbocycles. The fourth-order valence-electron chi connectivity index (χ4n) is 7.91. The number of aliphatic hydroxyl groups is 4. The van der Waals surface area contributed by atoms with Crippen LogP contribution in [0.1, 0.15) is 73.6 Å². The number of carbonyl (C=O) groups excluding carboxylic acids is 13. The number of ether oxygens (including phenoxy) is 5. The van der Waals surface area contributed by atoms with Gasteiger partial charge in [0.25, 0.3) is 0 Å². The number of aliphatic carboxylic acids is 1. The monoisotopic (exact) mass is 1220 g/mol. The summed E-state index contributed by atoms with van der Waals surface area (Å²) in [7, 11) is 0. The molecule has 2 aliphatic heterocycles. The molecule has 85 heavy (non-hydrogen) atoms. The topological polar surface area (TPSA) is 571 Å². The van der Waals surface area contributed by atoms with Gasteiger partial charge in [-0.3, -0.25) is 67.1 Å². The number of amides is 12. The minimum Gasteiger partial charge on any atom is -0.480 e. The van der Waals surface area contributed by atoms with E-state index in [1.165, 1.54) is 20.8 Å². The van der Waals surface area contributed by atoms with Gasteiger partial charge in [-0.25, -0.2) is 0 Å². The fraction of sp³-hybridized carbons (Fsp3) is 0.708. The number of carbonyl (C=O) groups is 14. The molecule has 2 fully saturated rings. The molecule has 2 rings (SSSR count). The minimum atomic E-state index is -1.95. The van der Waals surface area contributed by atoms with Crippen LogP contribution >= 0.6 is 0 Å². The number of hydrogen-bond donors (Lipinski definition) is 18. The first-order chi connectivity index (χ1) is 39.9. The lowest BCUT2D eigenvalue weighted by Crippen LogP contribution is -2.70. The number of rotatable bonds is 35. The summed E-state index contributed by atoms with van der Waals surface area (Å²) < 4.78 is 28.7. The van der Waals surface area contributed by atoms with Crippen LogP contribution in [0.5, 0.6) is 0 Å². The minimum absolute atomic E-state index is 0.00866. The first kappa shape index (κ1) is 73.3. The predicted octanol–water partition coefficient (Wildman–Crippen LogP) is -11.1. The van der Waals surface area contributed by atoms with E-state index in [9.17, 15) is 92.7 Å². The predicted molar refractivity (Wildman–Crippen MR) is 283 cm³/mol. The third-order valence-corrected chi connectivity index (χ3v) is 12.4. The highest BCUT2D eigenvalue weighted by molar-refractivity contribution is 5.94. The zero-order valence-corrected chi connectivity index (χ0v) is 47.5. The molecule has 0 aromatic rings. The van der Waals surface area contributed by atoms with E-state index in [4.69, 9.17) is 35.2 Å². The van der Waals surface area contributed by atoms with E-state index < -0.39 is 227 Å². The maximum absolute atomic E-state index is 13.7. The van der Waals surface area contributed by atoms with Crippen molar-refractivity contribution in [3.63, 3.8) is 0 Å². The molecule has 0 spiro atoms. The summed E-state index contributed by atoms with van der Waals surface area (Å²) in [6, 6.07) is -8.96. The first-order valence-electron chi connectivity index (χ1n) is 26.6. The molecule has 0 bridgehead atoms. The molecule has 20 N–H and O–H groups in total. The van der Waals surface area contributed by atoms with Crippen LogP contribution in [0, 0.1) is 0 Å². The van der Waals surface area contributed by atoms with Crippen molar-refractivity contribution >= 4 is 82.8 Å². The Bertz CT molecular complexity index is 2370. The normalized spacial score (nSPS) is 23.4. The highest BCUT2D eigenvalue weighted by Crippen LogP contribution is 2.31. The van der Waals surface area contributed by atoms with Gasteiger partial charge < -0.3 is 119 Å². The van der Waals surface area contributed by atoms with Gasteiger partial charge >= 0.3 is 11.9 Å². The molecule has 0 saturated carbocycles. The number of unbranched alkanes of at least 4 members (excludes halogenated alkanes) is 1. The van der Waals surface area contributed by atoms with Crippen molar-refractivity contribution in [1.29, 1.82) is 0 Å². The molecule has 12 amide bonds. The lowest BCUT2D eigenvalue weighted by molar-refractivity contribution is -0.333. The second-order valence-electron chi connectivity index (χ2n) is 19.4. The highest BCUT2D eigenvalue weighted by atomic mass is 16.7. The Balaban J connectivity index is 2.09. The van der Waals surface area contributed by atoms with Crippen LogP contribution in [0.3, 0.4) is 0 Å². The highest BCUT2D eigenvalue weighted by Gasteiger charge is 2.53. The number of primary amides is 1. The van der Waals surface area contributed by atoms with Crippen LogP contribution < -0.4 is 70.0 Å². The molecular weight excluding hydrogens is 1140 g/mol. The van der Waals surface area contributed by atoms with Gasteiger partial charge in [0, 0.05) is 33.7 Å². The number of carboxylic acid groups (broad SMARTS) is 1. The van der Waals surface area contributed by atoms with Gasteiger partial charge in [0.15, 0.2) is 12.6 Å². The van der Waals surface area contributed by atoms with E-state index in [1.54, 1.807) is 0 Å². The van der Waals surface area contributed by atoms with Gasteiger partial charge in [-0.1, -0.05) is 0 Å². The van der Waals surface area contributed by atoms with E-state index >= 15 is 0 Å². The number of esters is 1. The summed E-state index contributed by atoms with van der Waals surface area (Å²) >= 11 is 0. The van der Waals surface area contributed by atoms with Crippen molar-refractivity contribution in [1.82, 2.24) is 58.5 Å². The van der Waals surface area contributed by atoms with Crippen molar-refractivity contribution < 1.29 is 116 Å². The zero-order valence-electron chi connectivity index (χ0n) is 47.5. The van der Waals surface area contributed by atoms with Crippen LogP contribution in [-0.4, -0.2) is 252 Å². The fourth-order valence-corrected chi connectivity index (χ4v) is 7.91. The van der Waals surface area contributed by atoms with Gasteiger partial charge in [-0.05, 0) is 46.5 Å². The zero-order chi connectivity index (χ0) is 64.2. The smallest absolute Gasteiger partial charge is 0.325 e. The Kier molecular flexibility index (Phi) is 31.8. The summed E-state index contributed by atoms with van der Waals surface area (Å²) in [4.78, 5) is 173. The molecular formula is C48H79N13O24. The number of aliphatic hydroxyl groups excluding tert-OH is 4. The molecule has 0 aliphatic carbocycles. The SMILES string of the molecule is CC(=O)NC1C(OC2C(COC(C)=O)OC(O)C(NC(C)=O)C2OC(C)C(=O)NC(C)C(=O)NC(CCC(=O)NC(CCCCNC(=O)CNC(=O)CNC(=O)CNC(=O)CNC(=O)CN)C(=O)NC(C)C(=O)O)C(N)=O)OC(CO)C(O)C1O. The maximum Gasteiger partial charge on any atom is 0.325 e. The number of carboxylic acids is 1. The lowest BCUT2D eigenvalue weighted by atomic mass is 9.94. The number of nitrogens with one attached hydrogen (secondary N) is 11. The largest absolute Gasteiger partial charge is 0.480 e. The average Bonchev–Trinajstić information content (AvgIpc) is 1.79. The molecule has 0 radical (unpaired) electrons. The van der Waals surface area contributed by atoms with Crippen molar-refractivity contribution in [2.75, 3.05) is 52.5 Å². The van der Waals surface area contributed by atoms with Crippen molar-refractivity contribution in [3.05, 3.63) is 0 Å². The van der Waals surface area contributed by atoms with Crippen molar-refractivity contribution in [2.45, 2.75) is 165 Å². The quantitative estimate of drug-likeness (QED) is 0.0207. The van der Waals surface area contributed by atoms with Gasteiger partial charge in [0.05, 0.1) is 39.3 Å². The molecule has 15 unspecified atom stereocenters. The van der Waals surface area contributed by atoms with Crippen LogP contribution in [0.4, 0.5) is 0 Å². The number of hydrogen-bond acceptors (Lipinski definition) is 24. The Morgan fingerprint density at radius 2 is 1.12 bits per heavy atom. The average molecular weight is 1220 g/mol. The molecule has 480 valence electrons. The standard InChI is InChI=1S/C48H79N13O24/c1-20(56-44(76)22(3)82-41-37(59-24(5)64)47(80)83-29(19-81-25(6)65)40(41)85-48-36(58-23(4)63)39(73)38(72)28(18-62)84-48)43(75)61-26(42(50)74)10-11-30(66)60-27(45(77)57-21(2)46(78)79)9-7-8-12-51-32(68)14-53-34(70)16-55-35(71)17-54-33(69)15-52-31(67)13-49/h20-22,26-29,36-41,47-48,62,72-73,80H,7-19,49H2,1-6H3,(H2,50,74)(H,51,68)(H,52,67)(H,53,70)(H,54,69)(H,55,71)(H,56,76)(H,57,77)(H,58,63)(H,59,64)(H,60,66)(H,61,75)(H,78,79). The van der Waals surface area contributed by atoms with Crippen LogP contribution in [0.15, 0.2) is 0 Å². The maximum atomic E-state index is 13.7. The summed E-state index contributed by atoms with van der Waals surface area (Å²) in [5, 5.41) is 77.4. The molecule has 2 aliphatic rings. The molecule has 37 heteroatoms. The molecule has 15 atom stereocenters. The van der Waals surface area contributed by atoms with Gasteiger partial charge in [-0.2, -0.15) is 0 Å². The number of nitrogens with two attached hydrogens (primary N) is 2. The van der Waals surface area contributed by atoms with Crippen LogP contribution in [-0.2, 0) is 90.8 Å². The Morgan fingerprint density at radius 3 is 1.64 bits per heavy atom.